The van der Waals surface area contributed by atoms with Gasteiger partial charge < -0.3 is 15.0 Å². The summed E-state index contributed by atoms with van der Waals surface area (Å²) in [6, 6.07) is 3.74. The smallest absolute Gasteiger partial charge is 0.318 e. The topological polar surface area (TPSA) is 41.6 Å². The van der Waals surface area contributed by atoms with Crippen molar-refractivity contribution in [2.24, 2.45) is 0 Å². The number of amides is 2. The molecule has 1 aliphatic heterocycles. The van der Waals surface area contributed by atoms with Gasteiger partial charge in [-0.25, -0.2) is 4.79 Å². The van der Waals surface area contributed by atoms with Crippen molar-refractivity contribution < 1.29 is 9.53 Å². The first-order chi connectivity index (χ1) is 8.16. The highest BCUT2D eigenvalue weighted by molar-refractivity contribution is 7.16. The van der Waals surface area contributed by atoms with Gasteiger partial charge in [0.05, 0.1) is 23.6 Å². The summed E-state index contributed by atoms with van der Waals surface area (Å²) in [6.07, 6.45) is 0. The van der Waals surface area contributed by atoms with Crippen LogP contribution in [0.4, 0.5) is 4.79 Å². The molecule has 1 N–H and O–H groups in total. The van der Waals surface area contributed by atoms with Crippen molar-refractivity contribution in [3.8, 4) is 0 Å². The molecule has 0 spiro atoms. The van der Waals surface area contributed by atoms with Crippen molar-refractivity contribution in [3.05, 3.63) is 21.3 Å². The first-order valence-corrected chi connectivity index (χ1v) is 6.74. The fourth-order valence-corrected chi connectivity index (χ4v) is 2.74. The minimum atomic E-state index is -0.0367. The molecule has 6 heteroatoms. The lowest BCUT2D eigenvalue weighted by Gasteiger charge is -2.28. The van der Waals surface area contributed by atoms with Gasteiger partial charge in [0.1, 0.15) is 0 Å². The number of carbonyl (C=O) groups is 1. The number of hydrogen-bond donors (Lipinski definition) is 1. The van der Waals surface area contributed by atoms with Gasteiger partial charge in [0.25, 0.3) is 0 Å². The lowest BCUT2D eigenvalue weighted by Crippen LogP contribution is -2.46. The standard InChI is InChI=1S/C11H15ClN2O2S/c1-8(9-2-3-10(12)17-9)13-11(15)14-4-6-16-7-5-14/h2-3,8H,4-7H2,1H3,(H,13,15)/t8-/m1/s1. The highest BCUT2D eigenvalue weighted by Crippen LogP contribution is 2.26. The third-order valence-electron chi connectivity index (χ3n) is 2.66. The maximum Gasteiger partial charge on any atom is 0.318 e. The van der Waals surface area contributed by atoms with E-state index < -0.39 is 0 Å². The Morgan fingerprint density at radius 1 is 1.53 bits per heavy atom. The van der Waals surface area contributed by atoms with E-state index in [0.717, 1.165) is 9.21 Å². The molecular formula is C11H15ClN2O2S. The number of halogens is 1. The number of thiophene rings is 1. The molecule has 17 heavy (non-hydrogen) atoms. The maximum absolute atomic E-state index is 11.9. The normalized spacial score (nSPS) is 17.9. The second-order valence-electron chi connectivity index (χ2n) is 3.91. The molecule has 1 saturated heterocycles. The molecule has 1 fully saturated rings. The number of nitrogens with zero attached hydrogens (tertiary/aromatic N) is 1. The molecule has 2 amide bonds. The Morgan fingerprint density at radius 3 is 2.82 bits per heavy atom. The molecule has 1 atom stereocenters. The van der Waals surface area contributed by atoms with Crippen LogP contribution in [0.3, 0.4) is 0 Å². The highest BCUT2D eigenvalue weighted by atomic mass is 35.5. The number of rotatable bonds is 2. The molecule has 0 aliphatic carbocycles. The quantitative estimate of drug-likeness (QED) is 0.900. The second kappa shape index (κ2) is 5.71. The van der Waals surface area contributed by atoms with Crippen LogP contribution in [-0.2, 0) is 4.74 Å². The molecule has 0 saturated carbocycles. The van der Waals surface area contributed by atoms with Gasteiger partial charge in [-0.1, -0.05) is 11.6 Å². The van der Waals surface area contributed by atoms with Gasteiger partial charge >= 0.3 is 6.03 Å². The summed E-state index contributed by atoms with van der Waals surface area (Å²) in [6.45, 7) is 4.51. The molecule has 1 aromatic rings. The minimum absolute atomic E-state index is 0.0113. The highest BCUT2D eigenvalue weighted by Gasteiger charge is 2.19. The van der Waals surface area contributed by atoms with Crippen LogP contribution in [0, 0.1) is 0 Å². The Kier molecular flexibility index (Phi) is 4.25. The SMILES string of the molecule is C[C@@H](NC(=O)N1CCOCC1)c1ccc(Cl)s1. The van der Waals surface area contributed by atoms with Crippen molar-refractivity contribution in [2.45, 2.75) is 13.0 Å². The summed E-state index contributed by atoms with van der Waals surface area (Å²) < 4.78 is 5.95. The fourth-order valence-electron chi connectivity index (χ4n) is 1.68. The lowest BCUT2D eigenvalue weighted by atomic mass is 10.3. The zero-order valence-corrected chi connectivity index (χ0v) is 11.2. The van der Waals surface area contributed by atoms with Crippen LogP contribution in [0.5, 0.6) is 0 Å². The Hall–Kier alpha value is -0.780. The predicted octanol–water partition coefficient (Wildman–Crippen LogP) is 2.50. The third-order valence-corrected chi connectivity index (χ3v) is 4.07. The van der Waals surface area contributed by atoms with E-state index in [9.17, 15) is 4.79 Å². The summed E-state index contributed by atoms with van der Waals surface area (Å²) in [5.74, 6) is 0. The summed E-state index contributed by atoms with van der Waals surface area (Å²) >= 11 is 7.36. The first-order valence-electron chi connectivity index (χ1n) is 5.55. The van der Waals surface area contributed by atoms with E-state index in [1.54, 1.807) is 4.90 Å². The van der Waals surface area contributed by atoms with Gasteiger partial charge in [-0.05, 0) is 19.1 Å². The van der Waals surface area contributed by atoms with Crippen LogP contribution in [0.2, 0.25) is 4.34 Å². The minimum Gasteiger partial charge on any atom is -0.378 e. The van der Waals surface area contributed by atoms with Crippen molar-refractivity contribution in [1.82, 2.24) is 10.2 Å². The monoisotopic (exact) mass is 274 g/mol. The number of ether oxygens (including phenoxy) is 1. The van der Waals surface area contributed by atoms with Gasteiger partial charge in [-0.2, -0.15) is 0 Å². The van der Waals surface area contributed by atoms with Crippen LogP contribution in [0.1, 0.15) is 17.8 Å². The maximum atomic E-state index is 11.9. The lowest BCUT2D eigenvalue weighted by molar-refractivity contribution is 0.0526. The molecule has 0 radical (unpaired) electrons. The Bertz CT molecular complexity index is 391. The van der Waals surface area contributed by atoms with E-state index in [1.807, 2.05) is 19.1 Å². The van der Waals surface area contributed by atoms with Crippen LogP contribution >= 0.6 is 22.9 Å². The Morgan fingerprint density at radius 2 is 2.24 bits per heavy atom. The molecule has 2 heterocycles. The zero-order valence-electron chi connectivity index (χ0n) is 9.61. The van der Waals surface area contributed by atoms with E-state index in [4.69, 9.17) is 16.3 Å². The van der Waals surface area contributed by atoms with E-state index >= 15 is 0 Å². The van der Waals surface area contributed by atoms with Crippen LogP contribution in [-0.4, -0.2) is 37.2 Å². The van der Waals surface area contributed by atoms with E-state index in [-0.39, 0.29) is 12.1 Å². The molecular weight excluding hydrogens is 260 g/mol. The molecule has 1 aromatic heterocycles. The third kappa shape index (κ3) is 3.34. The van der Waals surface area contributed by atoms with Gasteiger partial charge in [-0.3, -0.25) is 0 Å². The number of nitrogens with one attached hydrogen (secondary N) is 1. The molecule has 0 bridgehead atoms. The van der Waals surface area contributed by atoms with Crippen LogP contribution in [0.25, 0.3) is 0 Å². The first kappa shape index (κ1) is 12.7. The van der Waals surface area contributed by atoms with Crippen molar-refractivity contribution in [3.63, 3.8) is 0 Å². The van der Waals surface area contributed by atoms with Crippen LogP contribution in [0.15, 0.2) is 12.1 Å². The zero-order chi connectivity index (χ0) is 12.3. The molecule has 0 aromatic carbocycles. The summed E-state index contributed by atoms with van der Waals surface area (Å²) in [5.41, 5.74) is 0. The summed E-state index contributed by atoms with van der Waals surface area (Å²) in [5, 5.41) is 2.96. The van der Waals surface area contributed by atoms with E-state index in [1.165, 1.54) is 11.3 Å². The molecule has 1 aliphatic rings. The number of hydrogen-bond acceptors (Lipinski definition) is 3. The average Bonchev–Trinajstić information content (AvgIpc) is 2.77. The predicted molar refractivity (Wildman–Crippen MR) is 68.7 cm³/mol. The number of morpholine rings is 1. The molecule has 2 rings (SSSR count). The van der Waals surface area contributed by atoms with Gasteiger partial charge in [0, 0.05) is 18.0 Å². The Labute approximate surface area is 110 Å². The van der Waals surface area contributed by atoms with Gasteiger partial charge in [0.2, 0.25) is 0 Å². The van der Waals surface area contributed by atoms with Gasteiger partial charge in [-0.15, -0.1) is 11.3 Å². The average molecular weight is 275 g/mol. The van der Waals surface area contributed by atoms with Crippen molar-refractivity contribution in [2.75, 3.05) is 26.3 Å². The van der Waals surface area contributed by atoms with Crippen LogP contribution < -0.4 is 5.32 Å². The molecule has 94 valence electrons. The largest absolute Gasteiger partial charge is 0.378 e. The molecule has 4 nitrogen and oxygen atoms in total. The van der Waals surface area contributed by atoms with Crippen molar-refractivity contribution >= 4 is 29.0 Å². The molecule has 0 unspecified atom stereocenters. The Balaban J connectivity index is 1.89. The summed E-state index contributed by atoms with van der Waals surface area (Å²) in [7, 11) is 0. The van der Waals surface area contributed by atoms with E-state index in [0.29, 0.717) is 26.3 Å². The second-order valence-corrected chi connectivity index (χ2v) is 5.66. The summed E-state index contributed by atoms with van der Waals surface area (Å²) in [4.78, 5) is 14.8. The number of urea groups is 1. The van der Waals surface area contributed by atoms with E-state index in [2.05, 4.69) is 5.32 Å². The fraction of sp³-hybridized carbons (Fsp3) is 0.545. The number of carbonyl (C=O) groups excluding carboxylic acids is 1. The van der Waals surface area contributed by atoms with Crippen molar-refractivity contribution in [1.29, 1.82) is 0 Å². The van der Waals surface area contributed by atoms with Gasteiger partial charge in [0.15, 0.2) is 0 Å².